The highest BCUT2D eigenvalue weighted by Gasteiger charge is 2.42. The summed E-state index contributed by atoms with van der Waals surface area (Å²) >= 11 is 0. The van der Waals surface area contributed by atoms with E-state index in [1.54, 1.807) is 24.3 Å². The summed E-state index contributed by atoms with van der Waals surface area (Å²) in [4.78, 5) is 22.1. The van der Waals surface area contributed by atoms with Crippen LogP contribution in [0.15, 0.2) is 58.1 Å². The summed E-state index contributed by atoms with van der Waals surface area (Å²) in [6.07, 6.45) is -1.56. The highest BCUT2D eigenvalue weighted by molar-refractivity contribution is 7.89. The Hall–Kier alpha value is -2.69. The molecule has 0 radical (unpaired) electrons. The fourth-order valence-corrected chi connectivity index (χ4v) is 5.49. The number of sulfonamides is 1. The lowest BCUT2D eigenvalue weighted by Crippen LogP contribution is -2.35. The first-order chi connectivity index (χ1) is 14.1. The summed E-state index contributed by atoms with van der Waals surface area (Å²) in [5.41, 5.74) is 1.53. The molecule has 3 unspecified atom stereocenters. The van der Waals surface area contributed by atoms with Crippen molar-refractivity contribution in [3.05, 3.63) is 53.3 Å². The quantitative estimate of drug-likeness (QED) is 0.469. The van der Waals surface area contributed by atoms with Gasteiger partial charge in [-0.1, -0.05) is 29.8 Å². The average molecular weight is 437 g/mol. The lowest BCUT2D eigenvalue weighted by atomic mass is 9.86. The summed E-state index contributed by atoms with van der Waals surface area (Å²) < 4.78 is 27.6. The molecule has 0 fully saturated rings. The molecule has 0 aromatic heterocycles. The molecule has 1 aromatic carbocycles. The van der Waals surface area contributed by atoms with E-state index in [2.05, 4.69) is 0 Å². The molecule has 0 spiro atoms. The first-order valence-electron chi connectivity index (χ1n) is 9.42. The number of rotatable bonds is 8. The van der Waals surface area contributed by atoms with Crippen molar-refractivity contribution in [2.75, 3.05) is 6.54 Å². The zero-order valence-corrected chi connectivity index (χ0v) is 16.8. The molecule has 0 amide bonds. The van der Waals surface area contributed by atoms with Crippen LogP contribution >= 0.6 is 0 Å². The highest BCUT2D eigenvalue weighted by atomic mass is 32.2. The Morgan fingerprint density at radius 3 is 2.37 bits per heavy atom. The second-order valence-electron chi connectivity index (χ2n) is 7.39. The van der Waals surface area contributed by atoms with Gasteiger partial charge in [-0.2, -0.15) is 0 Å². The van der Waals surface area contributed by atoms with E-state index >= 15 is 0 Å². The topological polar surface area (TPSA) is 152 Å². The Bertz CT molecular complexity index is 999. The lowest BCUT2D eigenvalue weighted by molar-refractivity contribution is -0.148. The van der Waals surface area contributed by atoms with Crippen LogP contribution in [0.25, 0.3) is 0 Å². The molecule has 2 aliphatic rings. The number of nitrogens with zero attached hydrogens (tertiary/aromatic N) is 1. The van der Waals surface area contributed by atoms with E-state index < -0.39 is 46.5 Å². The number of hydrogen-bond donors (Lipinski definition) is 4. The maximum atomic E-state index is 13.2. The molecule has 162 valence electrons. The zero-order chi connectivity index (χ0) is 22.1. The van der Waals surface area contributed by atoms with E-state index in [0.717, 1.165) is 0 Å². The summed E-state index contributed by atoms with van der Waals surface area (Å²) in [5, 5.41) is 38.2. The van der Waals surface area contributed by atoms with Gasteiger partial charge in [-0.05, 0) is 30.5 Å². The maximum Gasteiger partial charge on any atom is 0.332 e. The maximum absolute atomic E-state index is 13.2. The molecule has 4 N–H and O–H groups in total. The number of aliphatic hydroxyl groups excluding tert-OH is 2. The van der Waals surface area contributed by atoms with E-state index in [0.29, 0.717) is 23.3 Å². The third-order valence-electron chi connectivity index (χ3n) is 5.36. The molecular weight excluding hydrogens is 414 g/mol. The fourth-order valence-electron chi connectivity index (χ4n) is 3.89. The summed E-state index contributed by atoms with van der Waals surface area (Å²) in [6.45, 7) is -0.119. The van der Waals surface area contributed by atoms with E-state index in [-0.39, 0.29) is 24.3 Å². The molecule has 0 saturated heterocycles. The molecule has 10 heteroatoms. The Morgan fingerprint density at radius 2 is 1.77 bits per heavy atom. The number of hydrogen-bond acceptors (Lipinski definition) is 6. The molecule has 0 saturated carbocycles. The third kappa shape index (κ3) is 4.40. The second-order valence-corrected chi connectivity index (χ2v) is 9.25. The SMILES string of the molecule is O=C(O)CC1=CC2=C(CC1)N(S(=O)(=O)c1ccccc1)CC2C(O)CC(O)C(=O)O. The van der Waals surface area contributed by atoms with Gasteiger partial charge in [0.1, 0.15) is 0 Å². The van der Waals surface area contributed by atoms with Gasteiger partial charge < -0.3 is 20.4 Å². The third-order valence-corrected chi connectivity index (χ3v) is 7.18. The summed E-state index contributed by atoms with van der Waals surface area (Å²) in [6, 6.07) is 7.80. The summed E-state index contributed by atoms with van der Waals surface area (Å²) in [5.74, 6) is -3.28. The number of carboxylic acids is 2. The van der Waals surface area contributed by atoms with Crippen molar-refractivity contribution < 1.29 is 38.4 Å². The number of carbonyl (C=O) groups is 2. The second kappa shape index (κ2) is 8.58. The van der Waals surface area contributed by atoms with Crippen molar-refractivity contribution in [1.29, 1.82) is 0 Å². The van der Waals surface area contributed by atoms with Crippen LogP contribution in [0.5, 0.6) is 0 Å². The largest absolute Gasteiger partial charge is 0.481 e. The van der Waals surface area contributed by atoms with Gasteiger partial charge in [-0.3, -0.25) is 9.10 Å². The van der Waals surface area contributed by atoms with Gasteiger partial charge in [0.05, 0.1) is 17.4 Å². The van der Waals surface area contributed by atoms with Crippen molar-refractivity contribution >= 4 is 22.0 Å². The van der Waals surface area contributed by atoms with Crippen molar-refractivity contribution in [3.8, 4) is 0 Å². The Morgan fingerprint density at radius 1 is 1.10 bits per heavy atom. The van der Waals surface area contributed by atoms with E-state index in [4.69, 9.17) is 10.2 Å². The first-order valence-corrected chi connectivity index (χ1v) is 10.9. The lowest BCUT2D eigenvalue weighted by Gasteiger charge is -2.24. The number of aliphatic hydroxyl groups is 2. The van der Waals surface area contributed by atoms with Gasteiger partial charge in [0.25, 0.3) is 10.0 Å². The molecule has 0 bridgehead atoms. The van der Waals surface area contributed by atoms with E-state index in [1.807, 2.05) is 0 Å². The zero-order valence-electron chi connectivity index (χ0n) is 16.0. The van der Waals surface area contributed by atoms with Crippen LogP contribution < -0.4 is 0 Å². The Labute approximate surface area is 173 Å². The van der Waals surface area contributed by atoms with E-state index in [9.17, 15) is 28.2 Å². The van der Waals surface area contributed by atoms with Crippen molar-refractivity contribution in [3.63, 3.8) is 0 Å². The van der Waals surface area contributed by atoms with Gasteiger partial charge in [0, 0.05) is 24.6 Å². The van der Waals surface area contributed by atoms with Crippen LogP contribution in [0.2, 0.25) is 0 Å². The monoisotopic (exact) mass is 437 g/mol. The molecule has 1 heterocycles. The number of benzene rings is 1. The molecule has 3 rings (SSSR count). The van der Waals surface area contributed by atoms with Crippen LogP contribution in [-0.4, -0.2) is 63.8 Å². The van der Waals surface area contributed by atoms with Gasteiger partial charge in [0.2, 0.25) is 0 Å². The molecule has 30 heavy (non-hydrogen) atoms. The molecule has 1 aliphatic heterocycles. The minimum atomic E-state index is -3.92. The standard InChI is InChI=1S/C20H23NO8S/c22-17(10-18(23)20(26)27)15-11-21(30(28,29)13-4-2-1-3-5-13)16-7-6-12(8-14(15)16)9-19(24)25/h1-5,8,15,17-18,22-23H,6-7,9-11H2,(H,24,25)(H,26,27). The van der Waals surface area contributed by atoms with Gasteiger partial charge in [-0.25, -0.2) is 13.2 Å². The molecule has 3 atom stereocenters. The molecule has 1 aromatic rings. The van der Waals surface area contributed by atoms with Crippen LogP contribution in [-0.2, 0) is 19.6 Å². The predicted octanol–water partition coefficient (Wildman–Crippen LogP) is 0.953. The van der Waals surface area contributed by atoms with Crippen LogP contribution in [0.4, 0.5) is 0 Å². The average Bonchev–Trinajstić information content (AvgIpc) is 3.07. The van der Waals surface area contributed by atoms with Crippen LogP contribution in [0, 0.1) is 5.92 Å². The Balaban J connectivity index is 1.99. The number of allylic oxidation sites excluding steroid dienone is 2. The van der Waals surface area contributed by atoms with Gasteiger partial charge in [-0.15, -0.1) is 0 Å². The predicted molar refractivity (Wildman–Crippen MR) is 105 cm³/mol. The normalized spacial score (nSPS) is 21.1. The van der Waals surface area contributed by atoms with Crippen molar-refractivity contribution in [1.82, 2.24) is 4.31 Å². The van der Waals surface area contributed by atoms with Crippen molar-refractivity contribution in [2.45, 2.75) is 42.8 Å². The Kier molecular flexibility index (Phi) is 6.30. The molecule has 1 aliphatic carbocycles. The van der Waals surface area contributed by atoms with Gasteiger partial charge >= 0.3 is 11.9 Å². The smallest absolute Gasteiger partial charge is 0.332 e. The van der Waals surface area contributed by atoms with Crippen LogP contribution in [0.1, 0.15) is 25.7 Å². The fraction of sp³-hybridized carbons (Fsp3) is 0.400. The first kappa shape index (κ1) is 22.0. The van der Waals surface area contributed by atoms with E-state index in [1.165, 1.54) is 16.4 Å². The molecule has 9 nitrogen and oxygen atoms in total. The number of carboxylic acid groups (broad SMARTS) is 2. The number of aliphatic carboxylic acids is 2. The highest BCUT2D eigenvalue weighted by Crippen LogP contribution is 2.42. The minimum Gasteiger partial charge on any atom is -0.481 e. The summed E-state index contributed by atoms with van der Waals surface area (Å²) in [7, 11) is -3.92. The van der Waals surface area contributed by atoms with Gasteiger partial charge in [0.15, 0.2) is 6.10 Å². The van der Waals surface area contributed by atoms with Crippen LogP contribution in [0.3, 0.4) is 0 Å². The minimum absolute atomic E-state index is 0.0814. The van der Waals surface area contributed by atoms with Crippen molar-refractivity contribution in [2.24, 2.45) is 5.92 Å². The molecular formula is C20H23NO8S.